The van der Waals surface area contributed by atoms with Gasteiger partial charge < -0.3 is 14.0 Å². The van der Waals surface area contributed by atoms with Gasteiger partial charge in [-0.2, -0.15) is 0 Å². The molecule has 0 bridgehead atoms. The molecular formula is C11H10BrNO4. The van der Waals surface area contributed by atoms with Gasteiger partial charge in [0.2, 0.25) is 0 Å². The molecule has 2 aromatic heterocycles. The molecule has 2 aromatic rings. The summed E-state index contributed by atoms with van der Waals surface area (Å²) >= 11 is 3.16. The highest BCUT2D eigenvalue weighted by atomic mass is 79.9. The number of hydrogen-bond acceptors (Lipinski definition) is 4. The number of carboxylic acids is 1. The highest BCUT2D eigenvalue weighted by Crippen LogP contribution is 2.29. The molecule has 0 fully saturated rings. The predicted molar refractivity (Wildman–Crippen MR) is 62.9 cm³/mol. The number of carbonyl (C=O) groups is 1. The average molecular weight is 300 g/mol. The Morgan fingerprint density at radius 3 is 2.82 bits per heavy atom. The van der Waals surface area contributed by atoms with Crippen LogP contribution in [-0.4, -0.2) is 16.2 Å². The summed E-state index contributed by atoms with van der Waals surface area (Å²) in [6.07, 6.45) is 1.33. The number of aromatic carboxylic acids is 1. The van der Waals surface area contributed by atoms with Gasteiger partial charge in [-0.05, 0) is 34.5 Å². The average Bonchev–Trinajstić information content (AvgIpc) is 2.84. The Kier molecular flexibility index (Phi) is 3.33. The Morgan fingerprint density at radius 1 is 1.53 bits per heavy atom. The monoisotopic (exact) mass is 299 g/mol. The van der Waals surface area contributed by atoms with Crippen molar-refractivity contribution >= 4 is 21.9 Å². The second-order valence-electron chi connectivity index (χ2n) is 3.49. The van der Waals surface area contributed by atoms with Crippen LogP contribution in [0.5, 0.6) is 0 Å². The Morgan fingerprint density at radius 2 is 2.29 bits per heavy atom. The van der Waals surface area contributed by atoms with E-state index in [0.29, 0.717) is 22.6 Å². The quantitative estimate of drug-likeness (QED) is 0.937. The number of hydrogen-bond donors (Lipinski definition) is 1. The summed E-state index contributed by atoms with van der Waals surface area (Å²) in [5.41, 5.74) is 0.306. The van der Waals surface area contributed by atoms with E-state index in [0.717, 1.165) is 6.42 Å². The number of furan rings is 1. The van der Waals surface area contributed by atoms with E-state index >= 15 is 0 Å². The van der Waals surface area contributed by atoms with Crippen LogP contribution in [0.4, 0.5) is 0 Å². The van der Waals surface area contributed by atoms with Gasteiger partial charge in [0.1, 0.15) is 5.56 Å². The molecule has 0 saturated heterocycles. The fourth-order valence-corrected chi connectivity index (χ4v) is 1.86. The van der Waals surface area contributed by atoms with Gasteiger partial charge in [0.15, 0.2) is 21.9 Å². The lowest BCUT2D eigenvalue weighted by atomic mass is 10.1. The van der Waals surface area contributed by atoms with Gasteiger partial charge in [-0.1, -0.05) is 12.1 Å². The van der Waals surface area contributed by atoms with Crippen molar-refractivity contribution in [3.63, 3.8) is 0 Å². The van der Waals surface area contributed by atoms with Crippen molar-refractivity contribution in [3.05, 3.63) is 28.1 Å². The van der Waals surface area contributed by atoms with Gasteiger partial charge in [0.25, 0.3) is 0 Å². The van der Waals surface area contributed by atoms with E-state index < -0.39 is 5.97 Å². The molecule has 0 spiro atoms. The fourth-order valence-electron chi connectivity index (χ4n) is 1.55. The van der Waals surface area contributed by atoms with E-state index in [2.05, 4.69) is 21.1 Å². The first-order valence-electron chi connectivity index (χ1n) is 5.11. The third kappa shape index (κ3) is 2.26. The van der Waals surface area contributed by atoms with E-state index in [4.69, 9.17) is 8.94 Å². The topological polar surface area (TPSA) is 76.5 Å². The van der Waals surface area contributed by atoms with Crippen LogP contribution in [0, 0.1) is 0 Å². The minimum Gasteiger partial charge on any atom is -0.477 e. The van der Waals surface area contributed by atoms with Crippen molar-refractivity contribution in [2.45, 2.75) is 19.8 Å². The lowest BCUT2D eigenvalue weighted by Crippen LogP contribution is -2.01. The van der Waals surface area contributed by atoms with E-state index in [1.807, 2.05) is 6.92 Å². The highest BCUT2D eigenvalue weighted by molar-refractivity contribution is 9.10. The lowest BCUT2D eigenvalue weighted by molar-refractivity contribution is 0.0695. The molecular weight excluding hydrogens is 290 g/mol. The summed E-state index contributed by atoms with van der Waals surface area (Å²) in [5.74, 6) is -0.305. The molecule has 0 aromatic carbocycles. The maximum atomic E-state index is 11.2. The SMILES string of the molecule is CCCc1onc(-c2ccc(Br)o2)c1C(=O)O. The molecule has 1 N–H and O–H groups in total. The van der Waals surface area contributed by atoms with Crippen molar-refractivity contribution in [2.24, 2.45) is 0 Å². The second kappa shape index (κ2) is 4.75. The second-order valence-corrected chi connectivity index (χ2v) is 4.27. The summed E-state index contributed by atoms with van der Waals surface area (Å²) in [4.78, 5) is 11.2. The van der Waals surface area contributed by atoms with Crippen LogP contribution in [0.15, 0.2) is 25.7 Å². The molecule has 6 heteroatoms. The molecule has 2 rings (SSSR count). The first kappa shape index (κ1) is 11.9. The van der Waals surface area contributed by atoms with Crippen LogP contribution in [0.3, 0.4) is 0 Å². The first-order chi connectivity index (χ1) is 8.13. The lowest BCUT2D eigenvalue weighted by Gasteiger charge is -1.95. The zero-order chi connectivity index (χ0) is 12.4. The number of aromatic nitrogens is 1. The number of halogens is 1. The third-order valence-corrected chi connectivity index (χ3v) is 2.69. The molecule has 0 radical (unpaired) electrons. The normalized spacial score (nSPS) is 10.7. The number of rotatable bonds is 4. The minimum atomic E-state index is -1.06. The van der Waals surface area contributed by atoms with Crippen LogP contribution in [0.1, 0.15) is 29.5 Å². The van der Waals surface area contributed by atoms with E-state index in [1.165, 1.54) is 0 Å². The molecule has 17 heavy (non-hydrogen) atoms. The molecule has 0 aliphatic carbocycles. The summed E-state index contributed by atoms with van der Waals surface area (Å²) in [6, 6.07) is 3.32. The highest BCUT2D eigenvalue weighted by Gasteiger charge is 2.24. The zero-order valence-electron chi connectivity index (χ0n) is 9.07. The Balaban J connectivity index is 2.50. The predicted octanol–water partition coefficient (Wildman–Crippen LogP) is 3.35. The Bertz CT molecular complexity index is 543. The van der Waals surface area contributed by atoms with Crippen LogP contribution in [-0.2, 0) is 6.42 Å². The number of carboxylic acid groups (broad SMARTS) is 1. The Hall–Kier alpha value is -1.56. The van der Waals surface area contributed by atoms with Gasteiger partial charge >= 0.3 is 5.97 Å². The van der Waals surface area contributed by atoms with Crippen molar-refractivity contribution in [1.82, 2.24) is 5.16 Å². The molecule has 0 unspecified atom stereocenters. The van der Waals surface area contributed by atoms with Gasteiger partial charge in [0.05, 0.1) is 0 Å². The Labute approximate surface area is 106 Å². The standard InChI is InChI=1S/C11H10BrNO4/c1-2-3-6-9(11(14)15)10(13-17-6)7-4-5-8(12)16-7/h4-5H,2-3H2,1H3,(H,14,15). The van der Waals surface area contributed by atoms with Crippen molar-refractivity contribution < 1.29 is 18.8 Å². The smallest absolute Gasteiger partial charge is 0.341 e. The molecule has 90 valence electrons. The molecule has 0 saturated carbocycles. The van der Waals surface area contributed by atoms with Crippen molar-refractivity contribution in [3.8, 4) is 11.5 Å². The maximum Gasteiger partial charge on any atom is 0.341 e. The van der Waals surface area contributed by atoms with Crippen LogP contribution in [0.2, 0.25) is 0 Å². The molecule has 0 aliphatic rings. The maximum absolute atomic E-state index is 11.2. The molecule has 5 nitrogen and oxygen atoms in total. The van der Waals surface area contributed by atoms with Crippen LogP contribution >= 0.6 is 15.9 Å². The molecule has 0 atom stereocenters. The van der Waals surface area contributed by atoms with Crippen molar-refractivity contribution in [1.29, 1.82) is 0 Å². The number of nitrogens with zero attached hydrogens (tertiary/aromatic N) is 1. The summed E-state index contributed by atoms with van der Waals surface area (Å²) in [7, 11) is 0. The van der Waals surface area contributed by atoms with Gasteiger partial charge in [-0.15, -0.1) is 0 Å². The summed E-state index contributed by atoms with van der Waals surface area (Å²) < 4.78 is 10.9. The van der Waals surface area contributed by atoms with E-state index in [1.54, 1.807) is 12.1 Å². The fraction of sp³-hybridized carbons (Fsp3) is 0.273. The molecule has 0 amide bonds. The number of aryl methyl sites for hydroxylation is 1. The molecule has 2 heterocycles. The van der Waals surface area contributed by atoms with Crippen molar-refractivity contribution in [2.75, 3.05) is 0 Å². The summed E-state index contributed by atoms with van der Waals surface area (Å²) in [5, 5.41) is 12.9. The van der Waals surface area contributed by atoms with Gasteiger partial charge in [-0.25, -0.2) is 4.79 Å². The summed E-state index contributed by atoms with van der Waals surface area (Å²) in [6.45, 7) is 1.94. The minimum absolute atomic E-state index is 0.0775. The van der Waals surface area contributed by atoms with Crippen LogP contribution < -0.4 is 0 Å². The van der Waals surface area contributed by atoms with Gasteiger partial charge in [-0.3, -0.25) is 0 Å². The van der Waals surface area contributed by atoms with E-state index in [-0.39, 0.29) is 11.3 Å². The van der Waals surface area contributed by atoms with Crippen LogP contribution in [0.25, 0.3) is 11.5 Å². The van der Waals surface area contributed by atoms with E-state index in [9.17, 15) is 9.90 Å². The first-order valence-corrected chi connectivity index (χ1v) is 5.90. The molecule has 0 aliphatic heterocycles. The van der Waals surface area contributed by atoms with Gasteiger partial charge in [0, 0.05) is 6.42 Å². The largest absolute Gasteiger partial charge is 0.477 e. The third-order valence-electron chi connectivity index (χ3n) is 2.26. The zero-order valence-corrected chi connectivity index (χ0v) is 10.7.